The fraction of sp³-hybridized carbons (Fsp3) is 0.300. The van der Waals surface area contributed by atoms with Gasteiger partial charge in [-0.2, -0.15) is 0 Å². The lowest BCUT2D eigenvalue weighted by molar-refractivity contribution is -0.142. The third kappa shape index (κ3) is 4.24. The Morgan fingerprint density at radius 3 is 2.52 bits per heavy atom. The maximum absolute atomic E-state index is 13.1. The molecular formula is C20H21FN2O2. The third-order valence-electron chi connectivity index (χ3n) is 4.45. The van der Waals surface area contributed by atoms with Crippen molar-refractivity contribution < 1.29 is 14.0 Å². The highest BCUT2D eigenvalue weighted by Crippen LogP contribution is 2.22. The Morgan fingerprint density at radius 2 is 1.84 bits per heavy atom. The Kier molecular flexibility index (Phi) is 5.12. The molecule has 5 heteroatoms. The van der Waals surface area contributed by atoms with E-state index >= 15 is 0 Å². The van der Waals surface area contributed by atoms with Crippen LogP contribution in [0, 0.1) is 12.7 Å². The number of nitrogens with zero attached hydrogens (tertiary/aromatic N) is 1. The molecule has 3 rings (SSSR count). The van der Waals surface area contributed by atoms with Gasteiger partial charge in [0, 0.05) is 18.7 Å². The lowest BCUT2D eigenvalue weighted by atomic mass is 9.99. The number of nitrogens with one attached hydrogen (secondary N) is 1. The molecule has 1 heterocycles. The maximum atomic E-state index is 13.1. The lowest BCUT2D eigenvalue weighted by Gasteiger charge is -2.34. The van der Waals surface area contributed by atoms with E-state index in [2.05, 4.69) is 5.32 Å². The molecule has 1 N–H and O–H groups in total. The predicted octanol–water partition coefficient (Wildman–Crippen LogP) is 3.65. The van der Waals surface area contributed by atoms with Crippen molar-refractivity contribution in [2.45, 2.75) is 38.8 Å². The van der Waals surface area contributed by atoms with Gasteiger partial charge in [0.1, 0.15) is 11.9 Å². The molecule has 0 saturated carbocycles. The zero-order valence-corrected chi connectivity index (χ0v) is 14.2. The molecule has 1 aliphatic rings. The van der Waals surface area contributed by atoms with Gasteiger partial charge in [-0.1, -0.05) is 29.8 Å². The normalized spacial score (nSPS) is 17.4. The van der Waals surface area contributed by atoms with Crippen molar-refractivity contribution in [3.05, 3.63) is 65.5 Å². The molecule has 1 saturated heterocycles. The number of aryl methyl sites for hydroxylation is 1. The van der Waals surface area contributed by atoms with Crippen LogP contribution in [0.1, 0.15) is 30.4 Å². The number of piperidine rings is 1. The molecule has 1 aliphatic heterocycles. The van der Waals surface area contributed by atoms with Crippen molar-refractivity contribution in [1.82, 2.24) is 4.90 Å². The third-order valence-corrected chi connectivity index (χ3v) is 4.45. The van der Waals surface area contributed by atoms with Gasteiger partial charge in [0.05, 0.1) is 0 Å². The maximum Gasteiger partial charge on any atom is 0.247 e. The van der Waals surface area contributed by atoms with Gasteiger partial charge in [-0.05, 0) is 49.6 Å². The summed E-state index contributed by atoms with van der Waals surface area (Å²) in [5.41, 5.74) is 2.64. The van der Waals surface area contributed by atoms with Gasteiger partial charge in [0.15, 0.2) is 0 Å². The number of amides is 2. The van der Waals surface area contributed by atoms with Crippen molar-refractivity contribution in [3.63, 3.8) is 0 Å². The van der Waals surface area contributed by atoms with E-state index < -0.39 is 6.04 Å². The van der Waals surface area contributed by atoms with Crippen molar-refractivity contribution >= 4 is 17.5 Å². The van der Waals surface area contributed by atoms with Crippen LogP contribution in [0.3, 0.4) is 0 Å². The predicted molar refractivity (Wildman–Crippen MR) is 94.4 cm³/mol. The minimum absolute atomic E-state index is 0.0420. The first-order valence-electron chi connectivity index (χ1n) is 8.44. The van der Waals surface area contributed by atoms with Crippen molar-refractivity contribution in [1.29, 1.82) is 0 Å². The topological polar surface area (TPSA) is 49.4 Å². The van der Waals surface area contributed by atoms with Gasteiger partial charge in [0.25, 0.3) is 0 Å². The fourth-order valence-corrected chi connectivity index (χ4v) is 3.04. The summed E-state index contributed by atoms with van der Waals surface area (Å²) in [5.74, 6) is -0.541. The molecule has 0 radical (unpaired) electrons. The Morgan fingerprint density at radius 1 is 1.16 bits per heavy atom. The molecule has 4 nitrogen and oxygen atoms in total. The highest BCUT2D eigenvalue weighted by atomic mass is 19.1. The standard InChI is InChI=1S/C20H21FN2O2/c1-14-5-11-17(12-6-14)22-20(25)18-3-2-4-19(24)23(18)13-15-7-9-16(21)10-8-15/h5-12,18H,2-4,13H2,1H3,(H,22,25). The average molecular weight is 340 g/mol. The second-order valence-electron chi connectivity index (χ2n) is 6.41. The van der Waals surface area contributed by atoms with E-state index in [1.165, 1.54) is 12.1 Å². The minimum Gasteiger partial charge on any atom is -0.326 e. The minimum atomic E-state index is -0.507. The number of anilines is 1. The average Bonchev–Trinajstić information content (AvgIpc) is 2.60. The molecule has 1 fully saturated rings. The van der Waals surface area contributed by atoms with E-state index in [0.29, 0.717) is 25.8 Å². The van der Waals surface area contributed by atoms with Gasteiger partial charge >= 0.3 is 0 Å². The quantitative estimate of drug-likeness (QED) is 0.923. The second kappa shape index (κ2) is 7.47. The molecule has 1 unspecified atom stereocenters. The molecule has 2 amide bonds. The number of carbonyl (C=O) groups is 2. The zero-order valence-electron chi connectivity index (χ0n) is 14.2. The molecule has 0 aliphatic carbocycles. The van der Waals surface area contributed by atoms with Crippen molar-refractivity contribution in [2.24, 2.45) is 0 Å². The van der Waals surface area contributed by atoms with Gasteiger partial charge in [-0.15, -0.1) is 0 Å². The highest BCUT2D eigenvalue weighted by molar-refractivity contribution is 5.97. The molecule has 0 bridgehead atoms. The monoisotopic (exact) mass is 340 g/mol. The van der Waals surface area contributed by atoms with E-state index in [-0.39, 0.29) is 17.6 Å². The van der Waals surface area contributed by atoms with E-state index in [4.69, 9.17) is 0 Å². The number of hydrogen-bond acceptors (Lipinski definition) is 2. The number of rotatable bonds is 4. The van der Waals surface area contributed by atoms with Crippen LogP contribution in [-0.4, -0.2) is 22.8 Å². The number of likely N-dealkylation sites (tertiary alicyclic amines) is 1. The summed E-state index contributed by atoms with van der Waals surface area (Å²) in [5, 5.41) is 2.89. The van der Waals surface area contributed by atoms with Crippen LogP contribution < -0.4 is 5.32 Å². The summed E-state index contributed by atoms with van der Waals surface area (Å²) in [6, 6.07) is 13.1. The summed E-state index contributed by atoms with van der Waals surface area (Å²) in [6.07, 6.45) is 1.77. The van der Waals surface area contributed by atoms with Crippen LogP contribution >= 0.6 is 0 Å². The fourth-order valence-electron chi connectivity index (χ4n) is 3.04. The van der Waals surface area contributed by atoms with Gasteiger partial charge in [-0.3, -0.25) is 9.59 Å². The molecule has 2 aromatic rings. The molecule has 1 atom stereocenters. The van der Waals surface area contributed by atoms with E-state index in [0.717, 1.165) is 16.8 Å². The Bertz CT molecular complexity index is 756. The molecule has 25 heavy (non-hydrogen) atoms. The molecule has 130 valence electrons. The Balaban J connectivity index is 1.74. The second-order valence-corrected chi connectivity index (χ2v) is 6.41. The van der Waals surface area contributed by atoms with Crippen LogP contribution in [0.15, 0.2) is 48.5 Å². The lowest BCUT2D eigenvalue weighted by Crippen LogP contribution is -2.49. The summed E-state index contributed by atoms with van der Waals surface area (Å²) in [4.78, 5) is 26.6. The van der Waals surface area contributed by atoms with E-state index in [1.54, 1.807) is 17.0 Å². The summed E-state index contributed by atoms with van der Waals surface area (Å²) >= 11 is 0. The molecular weight excluding hydrogens is 319 g/mol. The highest BCUT2D eigenvalue weighted by Gasteiger charge is 2.33. The first-order chi connectivity index (χ1) is 12.0. The van der Waals surface area contributed by atoms with E-state index in [9.17, 15) is 14.0 Å². The molecule has 0 spiro atoms. The summed E-state index contributed by atoms with van der Waals surface area (Å²) in [6.45, 7) is 2.29. The number of halogens is 1. The van der Waals surface area contributed by atoms with Crippen LogP contribution in [0.2, 0.25) is 0 Å². The largest absolute Gasteiger partial charge is 0.326 e. The SMILES string of the molecule is Cc1ccc(NC(=O)C2CCCC(=O)N2Cc2ccc(F)cc2)cc1. The van der Waals surface area contributed by atoms with Crippen LogP contribution in [0.5, 0.6) is 0 Å². The number of hydrogen-bond donors (Lipinski definition) is 1. The first kappa shape index (κ1) is 17.1. The van der Waals surface area contributed by atoms with Gasteiger partial charge < -0.3 is 10.2 Å². The summed E-state index contributed by atoms with van der Waals surface area (Å²) < 4.78 is 13.1. The molecule has 0 aromatic heterocycles. The van der Waals surface area contributed by atoms with Crippen molar-refractivity contribution in [3.8, 4) is 0 Å². The van der Waals surface area contributed by atoms with Crippen LogP contribution in [-0.2, 0) is 16.1 Å². The van der Waals surface area contributed by atoms with Crippen molar-refractivity contribution in [2.75, 3.05) is 5.32 Å². The Hall–Kier alpha value is -2.69. The van der Waals surface area contributed by atoms with Crippen LogP contribution in [0.25, 0.3) is 0 Å². The number of carbonyl (C=O) groups excluding carboxylic acids is 2. The van der Waals surface area contributed by atoms with Crippen LogP contribution in [0.4, 0.5) is 10.1 Å². The van der Waals surface area contributed by atoms with Gasteiger partial charge in [-0.25, -0.2) is 4.39 Å². The number of benzene rings is 2. The first-order valence-corrected chi connectivity index (χ1v) is 8.44. The Labute approximate surface area is 146 Å². The van der Waals surface area contributed by atoms with Gasteiger partial charge in [0.2, 0.25) is 11.8 Å². The zero-order chi connectivity index (χ0) is 17.8. The summed E-state index contributed by atoms with van der Waals surface area (Å²) in [7, 11) is 0. The molecule has 2 aromatic carbocycles. The smallest absolute Gasteiger partial charge is 0.247 e. The van der Waals surface area contributed by atoms with E-state index in [1.807, 2.05) is 31.2 Å².